The summed E-state index contributed by atoms with van der Waals surface area (Å²) in [4.78, 5) is 0. The van der Waals surface area contributed by atoms with Gasteiger partial charge in [0.1, 0.15) is 5.60 Å². The number of benzene rings is 1. The molecule has 26 heavy (non-hydrogen) atoms. The van der Waals surface area contributed by atoms with Crippen molar-refractivity contribution < 1.29 is 10.2 Å². The molecule has 0 aliphatic heterocycles. The summed E-state index contributed by atoms with van der Waals surface area (Å²) in [5, 5.41) is 22.3. The Morgan fingerprint density at radius 3 is 2.62 bits per heavy atom. The average molecular weight is 351 g/mol. The van der Waals surface area contributed by atoms with Crippen LogP contribution >= 0.6 is 0 Å². The molecule has 2 nitrogen and oxygen atoms in total. The van der Waals surface area contributed by atoms with Crippen molar-refractivity contribution in [2.45, 2.75) is 51.6 Å². The van der Waals surface area contributed by atoms with Crippen molar-refractivity contribution in [3.05, 3.63) is 83.2 Å². The van der Waals surface area contributed by atoms with Gasteiger partial charge in [0.2, 0.25) is 0 Å². The quantitative estimate of drug-likeness (QED) is 0.672. The number of rotatable bonds is 5. The van der Waals surface area contributed by atoms with Crippen molar-refractivity contribution in [3.8, 4) is 0 Å². The van der Waals surface area contributed by atoms with Crippen LogP contribution in [0.15, 0.2) is 77.6 Å². The van der Waals surface area contributed by atoms with Gasteiger partial charge in [0.05, 0.1) is 11.7 Å². The van der Waals surface area contributed by atoms with E-state index < -0.39 is 5.60 Å². The van der Waals surface area contributed by atoms with Gasteiger partial charge in [-0.2, -0.15) is 0 Å². The van der Waals surface area contributed by atoms with Crippen LogP contribution < -0.4 is 0 Å². The zero-order valence-electron chi connectivity index (χ0n) is 15.9. The van der Waals surface area contributed by atoms with Crippen LogP contribution in [0.4, 0.5) is 0 Å². The predicted octanol–water partition coefficient (Wildman–Crippen LogP) is 5.67. The highest BCUT2D eigenvalue weighted by Crippen LogP contribution is 2.45. The molecular weight excluding hydrogens is 320 g/mol. The Labute approximate surface area is 157 Å². The zero-order valence-corrected chi connectivity index (χ0v) is 15.9. The van der Waals surface area contributed by atoms with Gasteiger partial charge >= 0.3 is 0 Å². The number of aliphatic hydroxyl groups excluding tert-OH is 1. The first-order chi connectivity index (χ1) is 12.4. The summed E-state index contributed by atoms with van der Waals surface area (Å²) in [7, 11) is 0. The molecule has 2 aliphatic rings. The minimum atomic E-state index is -1.19. The fraction of sp³-hybridized carbons (Fsp3) is 0.417. The lowest BCUT2D eigenvalue weighted by atomic mass is 9.67. The fourth-order valence-corrected chi connectivity index (χ4v) is 4.34. The summed E-state index contributed by atoms with van der Waals surface area (Å²) < 4.78 is 0. The number of hydrogen-bond acceptors (Lipinski definition) is 2. The van der Waals surface area contributed by atoms with Gasteiger partial charge in [-0.3, -0.25) is 0 Å². The number of aryl methyl sites for hydroxylation is 1. The lowest BCUT2D eigenvalue weighted by molar-refractivity contribution is 0.0328. The van der Waals surface area contributed by atoms with Gasteiger partial charge in [-0.15, -0.1) is 0 Å². The van der Waals surface area contributed by atoms with E-state index in [0.29, 0.717) is 5.57 Å². The van der Waals surface area contributed by atoms with Crippen LogP contribution in [-0.4, -0.2) is 15.8 Å². The Morgan fingerprint density at radius 2 is 1.96 bits per heavy atom. The molecule has 0 spiro atoms. The highest BCUT2D eigenvalue weighted by atomic mass is 16.3. The second-order valence-electron chi connectivity index (χ2n) is 7.93. The third kappa shape index (κ3) is 3.86. The first-order valence-electron chi connectivity index (χ1n) is 9.62. The van der Waals surface area contributed by atoms with Gasteiger partial charge in [0.15, 0.2) is 0 Å². The molecule has 0 aromatic heterocycles. The van der Waals surface area contributed by atoms with Gasteiger partial charge in [0, 0.05) is 0 Å². The fourth-order valence-electron chi connectivity index (χ4n) is 4.34. The molecule has 0 saturated heterocycles. The second kappa shape index (κ2) is 7.67. The minimum absolute atomic E-state index is 0.147. The Morgan fingerprint density at radius 1 is 1.23 bits per heavy atom. The molecule has 0 radical (unpaired) electrons. The molecule has 1 aromatic rings. The standard InChI is InChI=1S/C24H30O2/c1-17(2)24(26)16-20(13-12-19-9-5-4-6-10-19)15-22(25)23(24)21-11-7-8-18(3)14-21/h4-6,9-10,14-16,21,23,25-26H,1,7-8,11-13H2,2-3H3. The molecule has 0 fully saturated rings. The van der Waals surface area contributed by atoms with Gasteiger partial charge < -0.3 is 10.2 Å². The van der Waals surface area contributed by atoms with Gasteiger partial charge in [0.25, 0.3) is 0 Å². The molecule has 2 aliphatic carbocycles. The topological polar surface area (TPSA) is 40.5 Å². The largest absolute Gasteiger partial charge is 0.512 e. The summed E-state index contributed by atoms with van der Waals surface area (Å²) in [6.45, 7) is 8.04. The maximum absolute atomic E-state index is 11.5. The van der Waals surface area contributed by atoms with E-state index in [-0.39, 0.29) is 17.6 Å². The Kier molecular flexibility index (Phi) is 5.52. The van der Waals surface area contributed by atoms with Crippen LogP contribution in [0.2, 0.25) is 0 Å². The van der Waals surface area contributed by atoms with E-state index in [4.69, 9.17) is 0 Å². The second-order valence-corrected chi connectivity index (χ2v) is 7.93. The minimum Gasteiger partial charge on any atom is -0.512 e. The molecule has 3 rings (SSSR count). The molecule has 0 saturated carbocycles. The summed E-state index contributed by atoms with van der Waals surface area (Å²) in [5.74, 6) is 0.0985. The van der Waals surface area contributed by atoms with Gasteiger partial charge in [-0.25, -0.2) is 0 Å². The molecule has 138 valence electrons. The molecule has 2 N–H and O–H groups in total. The van der Waals surface area contributed by atoms with E-state index in [1.165, 1.54) is 11.1 Å². The van der Waals surface area contributed by atoms with Crippen LogP contribution in [0.5, 0.6) is 0 Å². The van der Waals surface area contributed by atoms with Crippen molar-refractivity contribution >= 4 is 0 Å². The van der Waals surface area contributed by atoms with E-state index >= 15 is 0 Å². The van der Waals surface area contributed by atoms with Gasteiger partial charge in [-0.1, -0.05) is 48.6 Å². The summed E-state index contributed by atoms with van der Waals surface area (Å²) >= 11 is 0. The molecule has 0 heterocycles. The van der Waals surface area contributed by atoms with E-state index in [9.17, 15) is 10.2 Å². The first-order valence-corrected chi connectivity index (χ1v) is 9.62. The SMILES string of the molecule is C=C(C)C1(O)C=C(CCc2ccccc2)C=C(O)C1C1C=C(C)CCC1. The molecule has 3 unspecified atom stereocenters. The van der Waals surface area contributed by atoms with Crippen molar-refractivity contribution in [2.24, 2.45) is 11.8 Å². The Balaban J connectivity index is 1.86. The van der Waals surface area contributed by atoms with Crippen LogP contribution in [0.25, 0.3) is 0 Å². The molecule has 0 amide bonds. The summed E-state index contributed by atoms with van der Waals surface area (Å²) in [5.41, 5.74) is 3.08. The smallest absolute Gasteiger partial charge is 0.114 e. The third-order valence-electron chi connectivity index (χ3n) is 5.80. The maximum Gasteiger partial charge on any atom is 0.114 e. The highest BCUT2D eigenvalue weighted by molar-refractivity contribution is 5.41. The van der Waals surface area contributed by atoms with E-state index in [1.54, 1.807) is 0 Å². The van der Waals surface area contributed by atoms with Crippen LogP contribution in [0, 0.1) is 11.8 Å². The number of hydrogen-bond donors (Lipinski definition) is 2. The monoisotopic (exact) mass is 350 g/mol. The molecular formula is C24H30O2. The van der Waals surface area contributed by atoms with Crippen molar-refractivity contribution in [3.63, 3.8) is 0 Å². The van der Waals surface area contributed by atoms with Crippen molar-refractivity contribution in [1.82, 2.24) is 0 Å². The van der Waals surface area contributed by atoms with Crippen LogP contribution in [0.3, 0.4) is 0 Å². The van der Waals surface area contributed by atoms with E-state index in [2.05, 4.69) is 31.7 Å². The van der Waals surface area contributed by atoms with Crippen molar-refractivity contribution in [2.75, 3.05) is 0 Å². The lowest BCUT2D eigenvalue weighted by Gasteiger charge is -2.42. The Bertz CT molecular complexity index is 754. The summed E-state index contributed by atoms with van der Waals surface area (Å²) in [6.07, 6.45) is 10.9. The lowest BCUT2D eigenvalue weighted by Crippen LogP contribution is -2.44. The molecule has 2 heteroatoms. The number of aliphatic hydroxyl groups is 2. The normalized spacial score (nSPS) is 28.8. The van der Waals surface area contributed by atoms with E-state index in [1.807, 2.05) is 37.3 Å². The molecule has 3 atom stereocenters. The van der Waals surface area contributed by atoms with Crippen LogP contribution in [-0.2, 0) is 6.42 Å². The molecule has 0 bridgehead atoms. The predicted molar refractivity (Wildman–Crippen MR) is 108 cm³/mol. The molecule has 1 aromatic carbocycles. The Hall–Kier alpha value is -2.06. The van der Waals surface area contributed by atoms with Gasteiger partial charge in [-0.05, 0) is 80.7 Å². The van der Waals surface area contributed by atoms with E-state index in [0.717, 1.165) is 37.7 Å². The average Bonchev–Trinajstić information content (AvgIpc) is 2.60. The summed E-state index contributed by atoms with van der Waals surface area (Å²) in [6, 6.07) is 10.3. The van der Waals surface area contributed by atoms with Crippen LogP contribution in [0.1, 0.15) is 45.1 Å². The maximum atomic E-state index is 11.5. The first kappa shape index (κ1) is 18.7. The third-order valence-corrected chi connectivity index (χ3v) is 5.80. The number of allylic oxidation sites excluding steroid dienone is 4. The highest BCUT2D eigenvalue weighted by Gasteiger charge is 2.45. The van der Waals surface area contributed by atoms with Crippen molar-refractivity contribution in [1.29, 1.82) is 0 Å². The zero-order chi connectivity index (χ0) is 18.7.